The van der Waals surface area contributed by atoms with Crippen LogP contribution in [0.25, 0.3) is 0 Å². The van der Waals surface area contributed by atoms with Crippen molar-refractivity contribution in [1.82, 2.24) is 20.2 Å². The van der Waals surface area contributed by atoms with Crippen LogP contribution in [0.15, 0.2) is 23.5 Å². The van der Waals surface area contributed by atoms with Gasteiger partial charge in [-0.3, -0.25) is 4.90 Å². The number of carbonyl (C=O) groups excluding carboxylic acids is 2. The summed E-state index contributed by atoms with van der Waals surface area (Å²) in [5, 5.41) is 3.33. The molecule has 1 aliphatic heterocycles. The molecule has 160 valence electrons. The molecule has 1 fully saturated rings. The molecule has 0 radical (unpaired) electrons. The number of isocyanates is 1. The van der Waals surface area contributed by atoms with Gasteiger partial charge in [0.2, 0.25) is 12.0 Å². The molecule has 0 aliphatic carbocycles. The van der Waals surface area contributed by atoms with Crippen molar-refractivity contribution in [2.24, 2.45) is 4.99 Å². The Kier molecular flexibility index (Phi) is 9.18. The van der Waals surface area contributed by atoms with Gasteiger partial charge in [-0.15, -0.1) is 0 Å². The normalized spacial score (nSPS) is 16.2. The van der Waals surface area contributed by atoms with E-state index >= 15 is 0 Å². The third-order valence-corrected chi connectivity index (χ3v) is 5.06. The quantitative estimate of drug-likeness (QED) is 0.252. The minimum absolute atomic E-state index is 0.253. The zero-order valence-corrected chi connectivity index (χ0v) is 17.6. The van der Waals surface area contributed by atoms with Crippen LogP contribution in [0, 0.1) is 0 Å². The molecule has 2 rings (SSSR count). The van der Waals surface area contributed by atoms with E-state index in [1.54, 1.807) is 19.3 Å². The first kappa shape index (κ1) is 22.9. The average Bonchev–Trinajstić information content (AvgIpc) is 2.73. The van der Waals surface area contributed by atoms with E-state index in [0.717, 1.165) is 58.1 Å². The number of anilines is 1. The smallest absolute Gasteiger partial charge is 0.333 e. The number of rotatable bonds is 11. The Hall–Kier alpha value is -2.35. The third-order valence-electron chi connectivity index (χ3n) is 5.06. The molecule has 1 aliphatic rings. The summed E-state index contributed by atoms with van der Waals surface area (Å²) in [5.74, 6) is 0.293. The third kappa shape index (κ3) is 7.20. The molecule has 0 spiro atoms. The lowest BCUT2D eigenvalue weighted by Gasteiger charge is -2.34. The van der Waals surface area contributed by atoms with Gasteiger partial charge in [0.25, 0.3) is 0 Å². The van der Waals surface area contributed by atoms with Gasteiger partial charge >= 0.3 is 5.97 Å². The SMILES string of the molecule is CCOC(=O)C(N=C=O)C(C)(C)NCCCCN1CCN(c2ncccn2)CC1. The Morgan fingerprint density at radius 2 is 1.97 bits per heavy atom. The van der Waals surface area contributed by atoms with Crippen LogP contribution in [0.2, 0.25) is 0 Å². The summed E-state index contributed by atoms with van der Waals surface area (Å²) in [7, 11) is 0. The molecule has 0 aromatic carbocycles. The van der Waals surface area contributed by atoms with E-state index in [4.69, 9.17) is 4.74 Å². The molecule has 1 atom stereocenters. The largest absolute Gasteiger partial charge is 0.464 e. The zero-order chi connectivity index (χ0) is 21.1. The van der Waals surface area contributed by atoms with Crippen LogP contribution in [0.3, 0.4) is 0 Å². The number of hydrogen-bond acceptors (Lipinski definition) is 9. The van der Waals surface area contributed by atoms with Gasteiger partial charge in [-0.05, 0) is 52.8 Å². The van der Waals surface area contributed by atoms with Crippen LogP contribution in [0.1, 0.15) is 33.6 Å². The van der Waals surface area contributed by atoms with Gasteiger partial charge in [-0.1, -0.05) is 0 Å². The number of unbranched alkanes of at least 4 members (excludes halogenated alkanes) is 1. The lowest BCUT2D eigenvalue weighted by Crippen LogP contribution is -2.53. The summed E-state index contributed by atoms with van der Waals surface area (Å²) >= 11 is 0. The van der Waals surface area contributed by atoms with E-state index in [-0.39, 0.29) is 6.61 Å². The Morgan fingerprint density at radius 1 is 1.28 bits per heavy atom. The van der Waals surface area contributed by atoms with Crippen LogP contribution in [-0.2, 0) is 14.3 Å². The van der Waals surface area contributed by atoms with Crippen molar-refractivity contribution in [3.05, 3.63) is 18.5 Å². The van der Waals surface area contributed by atoms with Gasteiger partial charge in [-0.2, -0.15) is 4.99 Å². The molecule has 29 heavy (non-hydrogen) atoms. The summed E-state index contributed by atoms with van der Waals surface area (Å²) < 4.78 is 5.02. The van der Waals surface area contributed by atoms with E-state index in [9.17, 15) is 9.59 Å². The molecule has 9 heteroatoms. The van der Waals surface area contributed by atoms with Gasteiger partial charge in [0, 0.05) is 44.1 Å². The maximum Gasteiger partial charge on any atom is 0.333 e. The number of piperazine rings is 1. The number of aliphatic imine (C=N–C) groups is 1. The van der Waals surface area contributed by atoms with E-state index in [2.05, 4.69) is 30.1 Å². The minimum atomic E-state index is -0.895. The number of nitrogens with one attached hydrogen (secondary N) is 1. The molecule has 0 saturated carbocycles. The molecule has 0 bridgehead atoms. The molecule has 1 aromatic heterocycles. The van der Waals surface area contributed by atoms with Crippen LogP contribution in [0.4, 0.5) is 5.95 Å². The number of ether oxygens (including phenoxy) is 1. The zero-order valence-electron chi connectivity index (χ0n) is 17.6. The summed E-state index contributed by atoms with van der Waals surface area (Å²) in [4.78, 5) is 39.7. The molecule has 1 unspecified atom stereocenters. The van der Waals surface area contributed by atoms with Crippen LogP contribution in [-0.4, -0.2) is 84.4 Å². The molecule has 0 amide bonds. The van der Waals surface area contributed by atoms with Crippen molar-refractivity contribution in [3.8, 4) is 0 Å². The van der Waals surface area contributed by atoms with Gasteiger partial charge in [0.1, 0.15) is 0 Å². The van der Waals surface area contributed by atoms with Crippen molar-refractivity contribution in [2.45, 2.75) is 45.2 Å². The fourth-order valence-corrected chi connectivity index (χ4v) is 3.38. The molecular formula is C20H32N6O3. The summed E-state index contributed by atoms with van der Waals surface area (Å²) in [6, 6.07) is 0.934. The Labute approximate surface area is 172 Å². The van der Waals surface area contributed by atoms with Crippen molar-refractivity contribution in [1.29, 1.82) is 0 Å². The maximum atomic E-state index is 12.0. The predicted octanol–water partition coefficient (Wildman–Crippen LogP) is 1.01. The second-order valence-corrected chi connectivity index (χ2v) is 7.61. The second-order valence-electron chi connectivity index (χ2n) is 7.61. The Bertz CT molecular complexity index is 670. The van der Waals surface area contributed by atoms with Gasteiger partial charge in [0.05, 0.1) is 6.61 Å². The summed E-state index contributed by atoms with van der Waals surface area (Å²) in [6.45, 7) is 11.3. The van der Waals surface area contributed by atoms with E-state index in [1.807, 2.05) is 19.9 Å². The van der Waals surface area contributed by atoms with E-state index in [1.165, 1.54) is 6.08 Å². The fourth-order valence-electron chi connectivity index (χ4n) is 3.38. The average molecular weight is 405 g/mol. The second kappa shape index (κ2) is 11.6. The van der Waals surface area contributed by atoms with Crippen molar-refractivity contribution in [2.75, 3.05) is 50.8 Å². The Balaban J connectivity index is 1.67. The lowest BCUT2D eigenvalue weighted by atomic mass is 9.94. The highest BCUT2D eigenvalue weighted by molar-refractivity contribution is 5.78. The van der Waals surface area contributed by atoms with Gasteiger partial charge in [0.15, 0.2) is 6.04 Å². The highest BCUT2D eigenvalue weighted by Gasteiger charge is 2.36. The Morgan fingerprint density at radius 3 is 2.59 bits per heavy atom. The molecule has 1 N–H and O–H groups in total. The van der Waals surface area contributed by atoms with Gasteiger partial charge in [-0.25, -0.2) is 19.6 Å². The monoisotopic (exact) mass is 404 g/mol. The van der Waals surface area contributed by atoms with Crippen molar-refractivity contribution < 1.29 is 14.3 Å². The molecular weight excluding hydrogens is 372 g/mol. The molecule has 1 saturated heterocycles. The standard InChI is InChI=1S/C20H32N6O3/c1-4-29-18(28)17(23-16-27)20(2,3)24-10-5-6-11-25-12-14-26(15-13-25)19-21-8-7-9-22-19/h7-9,17,24H,4-6,10-15H2,1-3H3. The summed E-state index contributed by atoms with van der Waals surface area (Å²) in [6.07, 6.45) is 7.05. The first-order valence-electron chi connectivity index (χ1n) is 10.2. The van der Waals surface area contributed by atoms with E-state index < -0.39 is 17.6 Å². The molecule has 9 nitrogen and oxygen atoms in total. The lowest BCUT2D eigenvalue weighted by molar-refractivity contribution is -0.146. The molecule has 2 heterocycles. The predicted molar refractivity (Wildman–Crippen MR) is 111 cm³/mol. The fraction of sp³-hybridized carbons (Fsp3) is 0.700. The van der Waals surface area contributed by atoms with Gasteiger partial charge < -0.3 is 15.0 Å². The first-order valence-corrected chi connectivity index (χ1v) is 10.2. The number of nitrogens with zero attached hydrogens (tertiary/aromatic N) is 5. The number of hydrogen-bond donors (Lipinski definition) is 1. The molecule has 1 aromatic rings. The van der Waals surface area contributed by atoms with Crippen LogP contribution in [0.5, 0.6) is 0 Å². The van der Waals surface area contributed by atoms with Crippen molar-refractivity contribution >= 4 is 18.0 Å². The highest BCUT2D eigenvalue weighted by Crippen LogP contribution is 2.15. The van der Waals surface area contributed by atoms with E-state index in [0.29, 0.717) is 0 Å². The number of esters is 1. The first-order chi connectivity index (χ1) is 14.0. The topological polar surface area (TPSA) is 100 Å². The number of carbonyl (C=O) groups is 1. The van der Waals surface area contributed by atoms with Crippen LogP contribution >= 0.6 is 0 Å². The van der Waals surface area contributed by atoms with Crippen LogP contribution < -0.4 is 10.2 Å². The summed E-state index contributed by atoms with van der Waals surface area (Å²) in [5.41, 5.74) is -0.676. The minimum Gasteiger partial charge on any atom is -0.464 e. The highest BCUT2D eigenvalue weighted by atomic mass is 16.5. The number of aromatic nitrogens is 2. The maximum absolute atomic E-state index is 12.0. The van der Waals surface area contributed by atoms with Crippen molar-refractivity contribution in [3.63, 3.8) is 0 Å².